The molecule has 3 N–H and O–H groups in total. The SMILES string of the molecule is NNC(Cc1cc(F)cc(F)c1)Cc1cccc(F)c1Br. The highest BCUT2D eigenvalue weighted by Crippen LogP contribution is 2.22. The van der Waals surface area contributed by atoms with Crippen molar-refractivity contribution in [3.8, 4) is 0 Å². The molecule has 2 rings (SSSR count). The smallest absolute Gasteiger partial charge is 0.137 e. The molecule has 0 radical (unpaired) electrons. The third-order valence-corrected chi connectivity index (χ3v) is 4.03. The van der Waals surface area contributed by atoms with E-state index in [2.05, 4.69) is 21.4 Å². The summed E-state index contributed by atoms with van der Waals surface area (Å²) < 4.78 is 40.2. The van der Waals surface area contributed by atoms with Gasteiger partial charge in [0.2, 0.25) is 0 Å². The van der Waals surface area contributed by atoms with Gasteiger partial charge in [0.1, 0.15) is 17.5 Å². The summed E-state index contributed by atoms with van der Waals surface area (Å²) in [7, 11) is 0. The van der Waals surface area contributed by atoms with Gasteiger partial charge in [-0.05, 0) is 58.1 Å². The lowest BCUT2D eigenvalue weighted by Crippen LogP contribution is -2.38. The molecule has 0 aromatic heterocycles. The van der Waals surface area contributed by atoms with E-state index in [-0.39, 0.29) is 11.9 Å². The fourth-order valence-corrected chi connectivity index (χ4v) is 2.60. The second-order valence-electron chi connectivity index (χ2n) is 4.76. The Labute approximate surface area is 129 Å². The van der Waals surface area contributed by atoms with Gasteiger partial charge in [-0.25, -0.2) is 13.2 Å². The molecule has 0 saturated heterocycles. The maximum Gasteiger partial charge on any atom is 0.137 e. The van der Waals surface area contributed by atoms with Gasteiger partial charge in [0, 0.05) is 12.1 Å². The molecule has 0 amide bonds. The number of rotatable bonds is 5. The molecule has 2 aromatic rings. The number of hydrogen-bond acceptors (Lipinski definition) is 2. The van der Waals surface area contributed by atoms with Crippen molar-refractivity contribution < 1.29 is 13.2 Å². The Kier molecular flexibility index (Phi) is 5.39. The molecular weight excluding hydrogens is 345 g/mol. The zero-order valence-electron chi connectivity index (χ0n) is 11.0. The molecule has 0 spiro atoms. The van der Waals surface area contributed by atoms with Gasteiger partial charge in [0.05, 0.1) is 4.47 Å². The lowest BCUT2D eigenvalue weighted by Gasteiger charge is -2.17. The Morgan fingerprint density at radius 2 is 1.71 bits per heavy atom. The van der Waals surface area contributed by atoms with E-state index in [0.717, 1.165) is 11.6 Å². The lowest BCUT2D eigenvalue weighted by molar-refractivity contribution is 0.513. The van der Waals surface area contributed by atoms with E-state index in [1.165, 1.54) is 18.2 Å². The molecule has 2 aromatic carbocycles. The van der Waals surface area contributed by atoms with E-state index in [4.69, 9.17) is 5.84 Å². The second-order valence-corrected chi connectivity index (χ2v) is 5.56. The van der Waals surface area contributed by atoms with Crippen molar-refractivity contribution in [2.24, 2.45) is 5.84 Å². The minimum absolute atomic E-state index is 0.274. The Hall–Kier alpha value is -1.37. The van der Waals surface area contributed by atoms with Crippen molar-refractivity contribution in [1.29, 1.82) is 0 Å². The molecule has 0 aliphatic rings. The van der Waals surface area contributed by atoms with Crippen molar-refractivity contribution in [3.63, 3.8) is 0 Å². The van der Waals surface area contributed by atoms with Crippen LogP contribution in [0.5, 0.6) is 0 Å². The summed E-state index contributed by atoms with van der Waals surface area (Å²) in [5.41, 5.74) is 3.82. The van der Waals surface area contributed by atoms with E-state index in [1.807, 2.05) is 0 Å². The first-order valence-electron chi connectivity index (χ1n) is 6.33. The van der Waals surface area contributed by atoms with Crippen molar-refractivity contribution >= 4 is 15.9 Å². The van der Waals surface area contributed by atoms with E-state index in [9.17, 15) is 13.2 Å². The number of hydrogen-bond donors (Lipinski definition) is 2. The first-order chi connectivity index (χ1) is 9.99. The van der Waals surface area contributed by atoms with Crippen LogP contribution in [0.3, 0.4) is 0 Å². The fourth-order valence-electron chi connectivity index (χ4n) is 2.17. The van der Waals surface area contributed by atoms with Crippen LogP contribution in [0.25, 0.3) is 0 Å². The van der Waals surface area contributed by atoms with E-state index < -0.39 is 11.6 Å². The maximum atomic E-state index is 13.5. The van der Waals surface area contributed by atoms with Gasteiger partial charge in [-0.3, -0.25) is 11.3 Å². The van der Waals surface area contributed by atoms with Crippen molar-refractivity contribution in [2.45, 2.75) is 18.9 Å². The molecule has 1 atom stereocenters. The lowest BCUT2D eigenvalue weighted by atomic mass is 9.99. The summed E-state index contributed by atoms with van der Waals surface area (Å²) in [6.45, 7) is 0. The minimum atomic E-state index is -0.632. The van der Waals surface area contributed by atoms with E-state index in [0.29, 0.717) is 22.9 Å². The average molecular weight is 359 g/mol. The molecule has 1 unspecified atom stereocenters. The summed E-state index contributed by atoms with van der Waals surface area (Å²) >= 11 is 3.18. The summed E-state index contributed by atoms with van der Waals surface area (Å²) in [5, 5.41) is 0. The third kappa shape index (κ3) is 4.30. The predicted octanol–water partition coefficient (Wildman–Crippen LogP) is 3.48. The molecule has 0 heterocycles. The van der Waals surface area contributed by atoms with Gasteiger partial charge in [-0.2, -0.15) is 0 Å². The Bertz CT molecular complexity index is 614. The highest BCUT2D eigenvalue weighted by atomic mass is 79.9. The van der Waals surface area contributed by atoms with Gasteiger partial charge in [-0.15, -0.1) is 0 Å². The number of halogens is 4. The Balaban J connectivity index is 2.15. The van der Waals surface area contributed by atoms with Crippen LogP contribution in [-0.2, 0) is 12.8 Å². The molecule has 0 saturated carbocycles. The van der Waals surface area contributed by atoms with Crippen LogP contribution in [0.1, 0.15) is 11.1 Å². The second kappa shape index (κ2) is 7.06. The molecule has 0 fully saturated rings. The molecule has 6 heteroatoms. The minimum Gasteiger partial charge on any atom is -0.271 e. The highest BCUT2D eigenvalue weighted by molar-refractivity contribution is 9.10. The summed E-state index contributed by atoms with van der Waals surface area (Å²) in [6.07, 6.45) is 0.751. The zero-order chi connectivity index (χ0) is 15.4. The normalized spacial score (nSPS) is 12.4. The van der Waals surface area contributed by atoms with Crippen molar-refractivity contribution in [3.05, 3.63) is 69.4 Å². The maximum absolute atomic E-state index is 13.5. The highest BCUT2D eigenvalue weighted by Gasteiger charge is 2.14. The average Bonchev–Trinajstić information content (AvgIpc) is 2.42. The van der Waals surface area contributed by atoms with Crippen molar-refractivity contribution in [2.75, 3.05) is 0 Å². The van der Waals surface area contributed by atoms with Crippen LogP contribution in [0.15, 0.2) is 40.9 Å². The standard InChI is InChI=1S/C15H14BrF3N2/c16-15-10(2-1-3-14(15)19)7-13(21-20)6-9-4-11(17)8-12(18)5-9/h1-5,8,13,21H,6-7,20H2. The van der Waals surface area contributed by atoms with Crippen LogP contribution >= 0.6 is 15.9 Å². The van der Waals surface area contributed by atoms with Crippen molar-refractivity contribution in [1.82, 2.24) is 5.43 Å². The number of nitrogens with one attached hydrogen (secondary N) is 1. The zero-order valence-corrected chi connectivity index (χ0v) is 12.6. The first-order valence-corrected chi connectivity index (χ1v) is 7.13. The molecule has 21 heavy (non-hydrogen) atoms. The van der Waals surface area contributed by atoms with Gasteiger partial charge in [0.25, 0.3) is 0 Å². The van der Waals surface area contributed by atoms with Gasteiger partial charge in [-0.1, -0.05) is 12.1 Å². The number of benzene rings is 2. The van der Waals surface area contributed by atoms with Gasteiger partial charge in [0.15, 0.2) is 0 Å². The van der Waals surface area contributed by atoms with Crippen LogP contribution < -0.4 is 11.3 Å². The van der Waals surface area contributed by atoms with Crippen LogP contribution in [0.4, 0.5) is 13.2 Å². The largest absolute Gasteiger partial charge is 0.271 e. The first kappa shape index (κ1) is 16.0. The van der Waals surface area contributed by atoms with Crippen LogP contribution in [0, 0.1) is 17.5 Å². The van der Waals surface area contributed by atoms with E-state index >= 15 is 0 Å². The van der Waals surface area contributed by atoms with E-state index in [1.54, 1.807) is 12.1 Å². The number of hydrazine groups is 1. The van der Waals surface area contributed by atoms with Crippen LogP contribution in [0.2, 0.25) is 0 Å². The summed E-state index contributed by atoms with van der Waals surface area (Å²) in [5.74, 6) is 3.86. The molecule has 0 aliphatic heterocycles. The molecular formula is C15H14BrF3N2. The quantitative estimate of drug-likeness (QED) is 0.634. The molecule has 0 bridgehead atoms. The molecule has 2 nitrogen and oxygen atoms in total. The predicted molar refractivity (Wildman–Crippen MR) is 79.0 cm³/mol. The topological polar surface area (TPSA) is 38.0 Å². The summed E-state index contributed by atoms with van der Waals surface area (Å²) in [6, 6.07) is 7.78. The van der Waals surface area contributed by atoms with Gasteiger partial charge < -0.3 is 0 Å². The molecule has 0 aliphatic carbocycles. The monoisotopic (exact) mass is 358 g/mol. The Morgan fingerprint density at radius 1 is 1.05 bits per heavy atom. The van der Waals surface area contributed by atoms with Crippen LogP contribution in [-0.4, -0.2) is 6.04 Å². The fraction of sp³-hybridized carbons (Fsp3) is 0.200. The van der Waals surface area contributed by atoms with Gasteiger partial charge >= 0.3 is 0 Å². The number of nitrogens with two attached hydrogens (primary N) is 1. The summed E-state index contributed by atoms with van der Waals surface area (Å²) in [4.78, 5) is 0. The molecule has 112 valence electrons. The third-order valence-electron chi connectivity index (χ3n) is 3.14. The Morgan fingerprint density at radius 3 is 2.33 bits per heavy atom.